The van der Waals surface area contributed by atoms with Gasteiger partial charge in [-0.3, -0.25) is 9.88 Å². The number of nitrogens with zero attached hydrogens (tertiary/aromatic N) is 3. The highest BCUT2D eigenvalue weighted by Crippen LogP contribution is 2.34. The molecule has 3 aromatic rings. The minimum Gasteiger partial charge on any atom is -0.495 e. The molecular weight excluding hydrogens is 504 g/mol. The number of hydrogen-bond acceptors (Lipinski definition) is 8. The van der Waals surface area contributed by atoms with E-state index in [0.29, 0.717) is 18.9 Å². The second-order valence-corrected chi connectivity index (χ2v) is 11.8. The van der Waals surface area contributed by atoms with Crippen LogP contribution in [0.5, 0.6) is 5.75 Å². The summed E-state index contributed by atoms with van der Waals surface area (Å²) in [5, 5.41) is 4.32. The number of aromatic nitrogens is 2. The molecule has 1 N–H and O–H groups in total. The van der Waals surface area contributed by atoms with Gasteiger partial charge < -0.3 is 19.5 Å². The SMILES string of the molecule is COc1cnc2cccc(C(C(=O)OC(C)(C)C)N3CCC(OCCCCc4ccc5c(n4)NCCC5)C3)c2c1. The Morgan fingerprint density at radius 3 is 2.90 bits per heavy atom. The van der Waals surface area contributed by atoms with Gasteiger partial charge in [-0.25, -0.2) is 9.78 Å². The molecule has 8 heteroatoms. The van der Waals surface area contributed by atoms with Crippen LogP contribution in [0, 0.1) is 0 Å². The van der Waals surface area contributed by atoms with E-state index < -0.39 is 11.6 Å². The van der Waals surface area contributed by atoms with Crippen LogP contribution in [0.4, 0.5) is 5.82 Å². The molecule has 0 spiro atoms. The monoisotopic (exact) mass is 546 g/mol. The standard InChI is InChI=1S/C32H42N4O4/c1-32(2,3)40-31(37)29(26-11-7-12-28-27(26)19-25(38-4)20-34-28)36-17-15-24(21-36)39-18-6-5-10-23-14-13-22-9-8-16-33-30(22)35-23/h7,11-14,19-20,24,29H,5-6,8-10,15-18,21H2,1-4H3,(H,33,35). The first-order chi connectivity index (χ1) is 19.3. The quantitative estimate of drug-likeness (QED) is 0.264. The van der Waals surface area contributed by atoms with E-state index in [1.54, 1.807) is 13.3 Å². The normalized spacial score (nSPS) is 18.2. The summed E-state index contributed by atoms with van der Waals surface area (Å²) in [6, 6.07) is 11.7. The summed E-state index contributed by atoms with van der Waals surface area (Å²) in [7, 11) is 1.62. The molecule has 0 aliphatic carbocycles. The molecule has 4 heterocycles. The Balaban J connectivity index is 1.21. The number of esters is 1. The molecule has 2 aliphatic heterocycles. The molecule has 0 amide bonds. The molecule has 0 saturated carbocycles. The van der Waals surface area contributed by atoms with Gasteiger partial charge in [-0.2, -0.15) is 0 Å². The van der Waals surface area contributed by atoms with Crippen molar-refractivity contribution in [2.45, 2.75) is 77.0 Å². The van der Waals surface area contributed by atoms with Gasteiger partial charge in [-0.1, -0.05) is 18.2 Å². The van der Waals surface area contributed by atoms with Crippen molar-refractivity contribution < 1.29 is 19.0 Å². The van der Waals surface area contributed by atoms with Crippen LogP contribution in [0.25, 0.3) is 10.9 Å². The molecule has 40 heavy (non-hydrogen) atoms. The molecular formula is C32H42N4O4. The molecule has 1 fully saturated rings. The van der Waals surface area contributed by atoms with E-state index in [1.165, 1.54) is 12.0 Å². The lowest BCUT2D eigenvalue weighted by Gasteiger charge is -2.30. The second-order valence-electron chi connectivity index (χ2n) is 11.8. The number of unbranched alkanes of at least 4 members (excludes halogenated alkanes) is 1. The predicted octanol–water partition coefficient (Wildman–Crippen LogP) is 5.49. The summed E-state index contributed by atoms with van der Waals surface area (Å²) in [6.45, 7) is 8.86. The van der Waals surface area contributed by atoms with Crippen molar-refractivity contribution in [3.8, 4) is 5.75 Å². The van der Waals surface area contributed by atoms with Crippen LogP contribution in [0.1, 0.15) is 69.3 Å². The van der Waals surface area contributed by atoms with Gasteiger partial charge in [0.05, 0.1) is 24.9 Å². The maximum atomic E-state index is 13.6. The smallest absolute Gasteiger partial charge is 0.328 e. The minimum atomic E-state index is -0.589. The lowest BCUT2D eigenvalue weighted by Crippen LogP contribution is -2.38. The van der Waals surface area contributed by atoms with Gasteiger partial charge in [0.25, 0.3) is 0 Å². The molecule has 1 aromatic carbocycles. The van der Waals surface area contributed by atoms with Gasteiger partial charge in [0.1, 0.15) is 23.2 Å². The summed E-state index contributed by atoms with van der Waals surface area (Å²) in [4.78, 5) is 25.1. The van der Waals surface area contributed by atoms with E-state index in [-0.39, 0.29) is 12.1 Å². The molecule has 0 radical (unpaired) electrons. The molecule has 214 valence electrons. The maximum Gasteiger partial charge on any atom is 0.328 e. The first-order valence-corrected chi connectivity index (χ1v) is 14.5. The number of carbonyl (C=O) groups excluding carboxylic acids is 1. The first-order valence-electron chi connectivity index (χ1n) is 14.5. The third kappa shape index (κ3) is 6.91. The lowest BCUT2D eigenvalue weighted by atomic mass is 9.99. The Morgan fingerprint density at radius 1 is 1.20 bits per heavy atom. The van der Waals surface area contributed by atoms with E-state index in [1.807, 2.05) is 45.0 Å². The van der Waals surface area contributed by atoms with Gasteiger partial charge >= 0.3 is 5.97 Å². The van der Waals surface area contributed by atoms with Crippen LogP contribution in [0.3, 0.4) is 0 Å². The van der Waals surface area contributed by atoms with Crippen molar-refractivity contribution in [1.82, 2.24) is 14.9 Å². The largest absolute Gasteiger partial charge is 0.495 e. The lowest BCUT2D eigenvalue weighted by molar-refractivity contribution is -0.161. The number of pyridine rings is 2. The fourth-order valence-corrected chi connectivity index (χ4v) is 5.62. The van der Waals surface area contributed by atoms with Gasteiger partial charge in [-0.15, -0.1) is 0 Å². The molecule has 2 aliphatic rings. The van der Waals surface area contributed by atoms with Crippen LogP contribution in [-0.2, 0) is 27.1 Å². The number of fused-ring (bicyclic) bond motifs is 2. The number of carbonyl (C=O) groups is 1. The number of likely N-dealkylation sites (tertiary alicyclic amines) is 1. The third-order valence-electron chi connectivity index (χ3n) is 7.57. The highest BCUT2D eigenvalue weighted by molar-refractivity contribution is 5.89. The molecule has 2 unspecified atom stereocenters. The summed E-state index contributed by atoms with van der Waals surface area (Å²) in [5.41, 5.74) is 3.58. The number of aryl methyl sites for hydroxylation is 2. The molecule has 2 atom stereocenters. The zero-order valence-corrected chi connectivity index (χ0v) is 24.2. The van der Waals surface area contributed by atoms with Crippen molar-refractivity contribution in [2.24, 2.45) is 0 Å². The Morgan fingerprint density at radius 2 is 2.08 bits per heavy atom. The average Bonchev–Trinajstić information content (AvgIpc) is 3.40. The van der Waals surface area contributed by atoms with Crippen molar-refractivity contribution in [2.75, 3.05) is 38.7 Å². The fraction of sp³-hybridized carbons (Fsp3) is 0.531. The first kappa shape index (κ1) is 28.3. The van der Waals surface area contributed by atoms with Crippen LogP contribution in [-0.4, -0.2) is 65.9 Å². The second kappa shape index (κ2) is 12.5. The summed E-state index contributed by atoms with van der Waals surface area (Å²) in [6.07, 6.45) is 7.92. The van der Waals surface area contributed by atoms with Gasteiger partial charge in [0, 0.05) is 37.3 Å². The minimum absolute atomic E-state index is 0.0821. The Labute approximate surface area is 237 Å². The predicted molar refractivity (Wildman–Crippen MR) is 157 cm³/mol. The number of hydrogen-bond donors (Lipinski definition) is 1. The van der Waals surface area contributed by atoms with E-state index in [4.69, 9.17) is 19.2 Å². The van der Waals surface area contributed by atoms with E-state index in [0.717, 1.165) is 73.2 Å². The maximum absolute atomic E-state index is 13.6. The van der Waals surface area contributed by atoms with Gasteiger partial charge in [-0.05, 0) is 88.6 Å². The zero-order chi connectivity index (χ0) is 28.1. The van der Waals surface area contributed by atoms with E-state index >= 15 is 0 Å². The summed E-state index contributed by atoms with van der Waals surface area (Å²) >= 11 is 0. The molecule has 1 saturated heterocycles. The summed E-state index contributed by atoms with van der Waals surface area (Å²) < 4.78 is 17.6. The molecule has 2 aromatic heterocycles. The Hall–Kier alpha value is -3.23. The number of ether oxygens (including phenoxy) is 3. The topological polar surface area (TPSA) is 85.8 Å². The van der Waals surface area contributed by atoms with Crippen molar-refractivity contribution in [1.29, 1.82) is 0 Å². The van der Waals surface area contributed by atoms with Crippen LogP contribution in [0.2, 0.25) is 0 Å². The van der Waals surface area contributed by atoms with Crippen molar-refractivity contribution in [3.05, 3.63) is 59.4 Å². The van der Waals surface area contributed by atoms with Crippen LogP contribution in [0.15, 0.2) is 42.6 Å². The highest BCUT2D eigenvalue weighted by atomic mass is 16.6. The number of nitrogens with one attached hydrogen (secondary N) is 1. The van der Waals surface area contributed by atoms with Gasteiger partial charge in [0.2, 0.25) is 0 Å². The number of benzene rings is 1. The highest BCUT2D eigenvalue weighted by Gasteiger charge is 2.37. The number of methoxy groups -OCH3 is 1. The van der Waals surface area contributed by atoms with Crippen LogP contribution < -0.4 is 10.1 Å². The van der Waals surface area contributed by atoms with E-state index in [2.05, 4.69) is 27.3 Å². The number of rotatable bonds is 10. The third-order valence-corrected chi connectivity index (χ3v) is 7.57. The van der Waals surface area contributed by atoms with Crippen LogP contribution >= 0.6 is 0 Å². The number of anilines is 1. The Kier molecular flexibility index (Phi) is 8.86. The average molecular weight is 547 g/mol. The van der Waals surface area contributed by atoms with Crippen molar-refractivity contribution >= 4 is 22.7 Å². The van der Waals surface area contributed by atoms with Gasteiger partial charge in [0.15, 0.2) is 0 Å². The Bertz CT molecular complexity index is 1320. The molecule has 5 rings (SSSR count). The fourth-order valence-electron chi connectivity index (χ4n) is 5.62. The summed E-state index contributed by atoms with van der Waals surface area (Å²) in [5.74, 6) is 1.47. The van der Waals surface area contributed by atoms with Crippen molar-refractivity contribution in [3.63, 3.8) is 0 Å². The zero-order valence-electron chi connectivity index (χ0n) is 24.2. The van der Waals surface area contributed by atoms with E-state index in [9.17, 15) is 4.79 Å². The molecule has 0 bridgehead atoms. The molecule has 8 nitrogen and oxygen atoms in total.